The Balaban J connectivity index is 1.83. The van der Waals surface area contributed by atoms with Gasteiger partial charge in [0.15, 0.2) is 5.82 Å². The maximum absolute atomic E-state index is 8.84. The number of aromatic nitrogens is 2. The highest BCUT2D eigenvalue weighted by atomic mass is 32.1. The lowest BCUT2D eigenvalue weighted by Crippen LogP contribution is -1.92. The van der Waals surface area contributed by atoms with Crippen molar-refractivity contribution in [2.75, 3.05) is 0 Å². The second-order valence-corrected chi connectivity index (χ2v) is 6.05. The summed E-state index contributed by atoms with van der Waals surface area (Å²) >= 11 is 1.35. The highest BCUT2D eigenvalue weighted by Crippen LogP contribution is 2.26. The lowest BCUT2D eigenvalue weighted by molar-refractivity contribution is 0.424. The highest BCUT2D eigenvalue weighted by molar-refractivity contribution is 7.15. The topological polar surface area (TPSA) is 62.7 Å². The predicted molar refractivity (Wildman–Crippen MR) is 81.0 cm³/mol. The van der Waals surface area contributed by atoms with Crippen LogP contribution in [0.15, 0.2) is 34.9 Å². The maximum Gasteiger partial charge on any atom is 0.268 e. The molecule has 21 heavy (non-hydrogen) atoms. The Kier molecular flexibility index (Phi) is 3.55. The van der Waals surface area contributed by atoms with E-state index < -0.39 is 0 Å². The summed E-state index contributed by atoms with van der Waals surface area (Å²) in [5.41, 5.74) is 3.63. The van der Waals surface area contributed by atoms with E-state index in [1.54, 1.807) is 6.07 Å². The van der Waals surface area contributed by atoms with E-state index in [0.29, 0.717) is 23.0 Å². The molecule has 0 N–H and O–H groups in total. The van der Waals surface area contributed by atoms with E-state index >= 15 is 0 Å². The van der Waals surface area contributed by atoms with Crippen LogP contribution in [0.1, 0.15) is 27.4 Å². The van der Waals surface area contributed by atoms with Crippen LogP contribution in [-0.2, 0) is 6.42 Å². The first-order chi connectivity index (χ1) is 10.1. The Morgan fingerprint density at radius 2 is 1.95 bits per heavy atom. The van der Waals surface area contributed by atoms with Crippen LogP contribution >= 0.6 is 11.3 Å². The molecule has 5 heteroatoms. The predicted octanol–water partition coefficient (Wildman–Crippen LogP) is 3.88. The van der Waals surface area contributed by atoms with E-state index in [1.807, 2.05) is 6.07 Å². The van der Waals surface area contributed by atoms with Gasteiger partial charge in [-0.15, -0.1) is 11.3 Å². The van der Waals surface area contributed by atoms with Crippen LogP contribution in [-0.4, -0.2) is 10.1 Å². The van der Waals surface area contributed by atoms with E-state index in [-0.39, 0.29) is 0 Å². The number of rotatable bonds is 3. The number of nitriles is 1. The zero-order valence-corrected chi connectivity index (χ0v) is 12.6. The number of benzene rings is 1. The summed E-state index contributed by atoms with van der Waals surface area (Å²) in [7, 11) is 0. The van der Waals surface area contributed by atoms with Gasteiger partial charge in [0.25, 0.3) is 5.89 Å². The zero-order valence-electron chi connectivity index (χ0n) is 11.8. The molecule has 1 aromatic carbocycles. The molecule has 0 unspecified atom stereocenters. The Morgan fingerprint density at radius 1 is 1.19 bits per heavy atom. The Morgan fingerprint density at radius 3 is 2.62 bits per heavy atom. The van der Waals surface area contributed by atoms with Crippen molar-refractivity contribution in [2.24, 2.45) is 0 Å². The Labute approximate surface area is 126 Å². The smallest absolute Gasteiger partial charge is 0.268 e. The molecule has 0 amide bonds. The molecule has 3 aromatic rings. The summed E-state index contributed by atoms with van der Waals surface area (Å²) in [4.78, 5) is 5.87. The number of hydrogen-bond donors (Lipinski definition) is 0. The van der Waals surface area contributed by atoms with Gasteiger partial charge in [-0.25, -0.2) is 0 Å². The second kappa shape index (κ2) is 5.51. The summed E-state index contributed by atoms with van der Waals surface area (Å²) in [6.45, 7) is 4.15. The summed E-state index contributed by atoms with van der Waals surface area (Å²) in [5.74, 6) is 1.13. The maximum atomic E-state index is 8.84. The number of nitrogens with zero attached hydrogens (tertiary/aromatic N) is 3. The SMILES string of the molecule is Cc1cc(C)cc(Cc2noc(-c3ccc(C#N)s3)n2)c1. The van der Waals surface area contributed by atoms with Gasteiger partial charge in [-0.2, -0.15) is 10.2 Å². The van der Waals surface area contributed by atoms with Gasteiger partial charge in [0, 0.05) is 6.42 Å². The minimum absolute atomic E-state index is 0.473. The van der Waals surface area contributed by atoms with Crippen LogP contribution in [0.4, 0.5) is 0 Å². The molecule has 104 valence electrons. The van der Waals surface area contributed by atoms with Gasteiger partial charge in [0.1, 0.15) is 10.9 Å². The molecule has 0 fully saturated rings. The van der Waals surface area contributed by atoms with Gasteiger partial charge in [-0.3, -0.25) is 0 Å². The third-order valence-corrected chi connectivity index (χ3v) is 4.02. The van der Waals surface area contributed by atoms with Crippen molar-refractivity contribution in [1.82, 2.24) is 10.1 Å². The third kappa shape index (κ3) is 3.01. The van der Waals surface area contributed by atoms with Gasteiger partial charge in [0.2, 0.25) is 0 Å². The van der Waals surface area contributed by atoms with Crippen LogP contribution in [0.25, 0.3) is 10.8 Å². The monoisotopic (exact) mass is 295 g/mol. The number of hydrogen-bond acceptors (Lipinski definition) is 5. The first kappa shape index (κ1) is 13.5. The molecule has 0 atom stereocenters. The molecular weight excluding hydrogens is 282 g/mol. The highest BCUT2D eigenvalue weighted by Gasteiger charge is 2.12. The van der Waals surface area contributed by atoms with Crippen molar-refractivity contribution in [3.63, 3.8) is 0 Å². The van der Waals surface area contributed by atoms with Crippen molar-refractivity contribution in [2.45, 2.75) is 20.3 Å². The lowest BCUT2D eigenvalue weighted by Gasteiger charge is -2.01. The summed E-state index contributed by atoms with van der Waals surface area (Å²) in [5, 5.41) is 12.9. The first-order valence-electron chi connectivity index (χ1n) is 6.54. The van der Waals surface area contributed by atoms with Gasteiger partial charge >= 0.3 is 0 Å². The first-order valence-corrected chi connectivity index (χ1v) is 7.36. The average molecular weight is 295 g/mol. The van der Waals surface area contributed by atoms with Crippen molar-refractivity contribution >= 4 is 11.3 Å². The van der Waals surface area contributed by atoms with Crippen molar-refractivity contribution in [1.29, 1.82) is 5.26 Å². The van der Waals surface area contributed by atoms with E-state index in [4.69, 9.17) is 9.78 Å². The fraction of sp³-hybridized carbons (Fsp3) is 0.188. The van der Waals surface area contributed by atoms with Crippen LogP contribution in [0.3, 0.4) is 0 Å². The second-order valence-electron chi connectivity index (χ2n) is 4.96. The fourth-order valence-electron chi connectivity index (χ4n) is 2.29. The molecule has 4 nitrogen and oxygen atoms in total. The fourth-order valence-corrected chi connectivity index (χ4v) is 3.02. The number of aryl methyl sites for hydroxylation is 2. The molecule has 0 radical (unpaired) electrons. The summed E-state index contributed by atoms with van der Waals surface area (Å²) in [6.07, 6.45) is 0.641. The van der Waals surface area contributed by atoms with Gasteiger partial charge in [0.05, 0.1) is 4.88 Å². The van der Waals surface area contributed by atoms with Gasteiger partial charge in [-0.05, 0) is 31.5 Å². The molecule has 0 spiro atoms. The lowest BCUT2D eigenvalue weighted by atomic mass is 10.1. The van der Waals surface area contributed by atoms with Gasteiger partial charge in [-0.1, -0.05) is 34.5 Å². The summed E-state index contributed by atoms with van der Waals surface area (Å²) < 4.78 is 5.28. The molecule has 3 rings (SSSR count). The molecule has 0 bridgehead atoms. The minimum Gasteiger partial charge on any atom is -0.333 e. The van der Waals surface area contributed by atoms with Crippen LogP contribution < -0.4 is 0 Å². The van der Waals surface area contributed by atoms with E-state index in [2.05, 4.69) is 48.3 Å². The molecular formula is C16H13N3OS. The quantitative estimate of drug-likeness (QED) is 0.735. The molecule has 0 saturated carbocycles. The van der Waals surface area contributed by atoms with Crippen LogP contribution in [0.2, 0.25) is 0 Å². The van der Waals surface area contributed by atoms with Crippen LogP contribution in [0, 0.1) is 25.2 Å². The molecule has 0 aliphatic carbocycles. The normalized spacial score (nSPS) is 10.5. The van der Waals surface area contributed by atoms with Gasteiger partial charge < -0.3 is 4.52 Å². The van der Waals surface area contributed by atoms with Crippen LogP contribution in [0.5, 0.6) is 0 Å². The minimum atomic E-state index is 0.473. The molecule has 2 aromatic heterocycles. The van der Waals surface area contributed by atoms with E-state index in [1.165, 1.54) is 28.0 Å². The van der Waals surface area contributed by atoms with Crippen molar-refractivity contribution < 1.29 is 4.52 Å². The molecule has 2 heterocycles. The molecule has 0 aliphatic heterocycles. The number of thiophene rings is 1. The molecule has 0 saturated heterocycles. The Hall–Kier alpha value is -2.45. The van der Waals surface area contributed by atoms with E-state index in [9.17, 15) is 0 Å². The average Bonchev–Trinajstić information content (AvgIpc) is 3.05. The van der Waals surface area contributed by atoms with Crippen molar-refractivity contribution in [3.05, 3.63) is 57.7 Å². The van der Waals surface area contributed by atoms with Crippen molar-refractivity contribution in [3.8, 4) is 16.8 Å². The summed E-state index contributed by atoms with van der Waals surface area (Å²) in [6, 6.07) is 12.1. The standard InChI is InChI=1S/C16H13N3OS/c1-10-5-11(2)7-12(6-10)8-15-18-16(20-19-15)14-4-3-13(9-17)21-14/h3-7H,8H2,1-2H3. The zero-order chi connectivity index (χ0) is 14.8. The third-order valence-electron chi connectivity index (χ3n) is 3.04. The largest absolute Gasteiger partial charge is 0.333 e. The van der Waals surface area contributed by atoms with E-state index in [0.717, 1.165) is 4.88 Å². The molecule has 0 aliphatic rings. The Bertz CT molecular complexity index is 806.